The van der Waals surface area contributed by atoms with E-state index >= 15 is 0 Å². The molecule has 1 aromatic rings. The lowest BCUT2D eigenvalue weighted by Crippen LogP contribution is -2.15. The molecule has 1 aromatic carbocycles. The number of carbonyl (C=O) groups is 1. The standard InChI is InChI=1S/C12H16O3/c1-2-11(12(14)15)7-9-3-5-10(8-13)6-4-9/h3-6,11,13H,2,7-8H2,1H3,(H,14,15). The van der Waals surface area contributed by atoms with Crippen LogP contribution >= 0.6 is 0 Å². The summed E-state index contributed by atoms with van der Waals surface area (Å²) in [7, 11) is 0. The first-order valence-electron chi connectivity index (χ1n) is 5.08. The van der Waals surface area contributed by atoms with Crippen LogP contribution in [0.15, 0.2) is 24.3 Å². The molecular formula is C12H16O3. The molecule has 0 aliphatic carbocycles. The van der Waals surface area contributed by atoms with Crippen LogP contribution in [-0.4, -0.2) is 16.2 Å². The second-order valence-electron chi connectivity index (χ2n) is 3.62. The van der Waals surface area contributed by atoms with E-state index in [9.17, 15) is 4.79 Å². The van der Waals surface area contributed by atoms with Gasteiger partial charge in [-0.1, -0.05) is 31.2 Å². The van der Waals surface area contributed by atoms with Gasteiger partial charge in [0.25, 0.3) is 0 Å². The van der Waals surface area contributed by atoms with Gasteiger partial charge in [0.05, 0.1) is 12.5 Å². The fourth-order valence-corrected chi connectivity index (χ4v) is 1.47. The van der Waals surface area contributed by atoms with Crippen molar-refractivity contribution in [2.75, 3.05) is 0 Å². The van der Waals surface area contributed by atoms with Crippen molar-refractivity contribution in [1.29, 1.82) is 0 Å². The summed E-state index contributed by atoms with van der Waals surface area (Å²) in [6.45, 7) is 1.90. The maximum Gasteiger partial charge on any atom is 0.306 e. The van der Waals surface area contributed by atoms with E-state index in [1.807, 2.05) is 31.2 Å². The number of rotatable bonds is 5. The normalized spacial score (nSPS) is 12.4. The van der Waals surface area contributed by atoms with Gasteiger partial charge in [0, 0.05) is 0 Å². The minimum Gasteiger partial charge on any atom is -0.481 e. The molecule has 15 heavy (non-hydrogen) atoms. The predicted octanol–water partition coefficient (Wildman–Crippen LogP) is 1.83. The molecule has 3 heteroatoms. The van der Waals surface area contributed by atoms with Crippen molar-refractivity contribution in [1.82, 2.24) is 0 Å². The highest BCUT2D eigenvalue weighted by Crippen LogP contribution is 2.13. The Morgan fingerprint density at radius 2 is 1.80 bits per heavy atom. The first-order valence-corrected chi connectivity index (χ1v) is 5.08. The number of benzene rings is 1. The lowest BCUT2D eigenvalue weighted by Gasteiger charge is -2.09. The molecule has 0 saturated carbocycles. The van der Waals surface area contributed by atoms with Crippen LogP contribution in [0.1, 0.15) is 24.5 Å². The molecular weight excluding hydrogens is 192 g/mol. The Morgan fingerprint density at radius 1 is 1.27 bits per heavy atom. The Labute approximate surface area is 89.4 Å². The van der Waals surface area contributed by atoms with Crippen LogP contribution in [0, 0.1) is 5.92 Å². The Bertz CT molecular complexity index is 316. The molecule has 0 saturated heterocycles. The van der Waals surface area contributed by atoms with Gasteiger partial charge in [-0.05, 0) is 24.0 Å². The molecule has 0 aliphatic rings. The van der Waals surface area contributed by atoms with Gasteiger partial charge >= 0.3 is 5.97 Å². The zero-order valence-corrected chi connectivity index (χ0v) is 8.81. The topological polar surface area (TPSA) is 57.5 Å². The van der Waals surface area contributed by atoms with E-state index in [0.717, 1.165) is 11.1 Å². The lowest BCUT2D eigenvalue weighted by molar-refractivity contribution is -0.141. The Morgan fingerprint density at radius 3 is 2.20 bits per heavy atom. The number of hydrogen-bond acceptors (Lipinski definition) is 2. The van der Waals surface area contributed by atoms with E-state index in [1.54, 1.807) is 0 Å². The maximum atomic E-state index is 10.8. The smallest absolute Gasteiger partial charge is 0.306 e. The van der Waals surface area contributed by atoms with Crippen molar-refractivity contribution < 1.29 is 15.0 Å². The summed E-state index contributed by atoms with van der Waals surface area (Å²) in [5.74, 6) is -1.06. The van der Waals surface area contributed by atoms with E-state index in [4.69, 9.17) is 10.2 Å². The molecule has 0 aliphatic heterocycles. The molecule has 3 nitrogen and oxygen atoms in total. The van der Waals surface area contributed by atoms with Gasteiger partial charge in [0.1, 0.15) is 0 Å². The average Bonchev–Trinajstić information content (AvgIpc) is 2.26. The zero-order valence-electron chi connectivity index (χ0n) is 8.81. The van der Waals surface area contributed by atoms with Crippen molar-refractivity contribution in [2.45, 2.75) is 26.4 Å². The van der Waals surface area contributed by atoms with Gasteiger partial charge in [-0.25, -0.2) is 0 Å². The van der Waals surface area contributed by atoms with Crippen LogP contribution in [0.2, 0.25) is 0 Å². The summed E-state index contributed by atoms with van der Waals surface area (Å²) in [5, 5.41) is 17.7. The highest BCUT2D eigenvalue weighted by Gasteiger charge is 2.15. The van der Waals surface area contributed by atoms with Crippen molar-refractivity contribution in [3.63, 3.8) is 0 Å². The van der Waals surface area contributed by atoms with Gasteiger partial charge in [0.15, 0.2) is 0 Å². The summed E-state index contributed by atoms with van der Waals surface area (Å²) in [5.41, 5.74) is 1.85. The van der Waals surface area contributed by atoms with Crippen molar-refractivity contribution in [3.05, 3.63) is 35.4 Å². The van der Waals surface area contributed by atoms with Gasteiger partial charge in [-0.2, -0.15) is 0 Å². The molecule has 1 unspecified atom stereocenters. The van der Waals surface area contributed by atoms with Crippen molar-refractivity contribution >= 4 is 5.97 Å². The molecule has 82 valence electrons. The Balaban J connectivity index is 2.67. The van der Waals surface area contributed by atoms with Crippen LogP contribution in [0.3, 0.4) is 0 Å². The number of aliphatic hydroxyl groups excluding tert-OH is 1. The fraction of sp³-hybridized carbons (Fsp3) is 0.417. The van der Waals surface area contributed by atoms with Gasteiger partial charge < -0.3 is 10.2 Å². The summed E-state index contributed by atoms with van der Waals surface area (Å²) >= 11 is 0. The van der Waals surface area contributed by atoms with Gasteiger partial charge in [0.2, 0.25) is 0 Å². The summed E-state index contributed by atoms with van der Waals surface area (Å²) < 4.78 is 0. The maximum absolute atomic E-state index is 10.8. The van der Waals surface area contributed by atoms with E-state index in [2.05, 4.69) is 0 Å². The molecule has 0 bridgehead atoms. The second kappa shape index (κ2) is 5.51. The molecule has 1 atom stereocenters. The monoisotopic (exact) mass is 208 g/mol. The van der Waals surface area contributed by atoms with Crippen LogP contribution in [0.4, 0.5) is 0 Å². The van der Waals surface area contributed by atoms with Crippen LogP contribution in [-0.2, 0) is 17.8 Å². The highest BCUT2D eigenvalue weighted by atomic mass is 16.4. The van der Waals surface area contributed by atoms with E-state index in [1.165, 1.54) is 0 Å². The van der Waals surface area contributed by atoms with E-state index < -0.39 is 5.97 Å². The van der Waals surface area contributed by atoms with Gasteiger partial charge in [-0.15, -0.1) is 0 Å². The minimum absolute atomic E-state index is 0.0242. The molecule has 0 spiro atoms. The first-order chi connectivity index (χ1) is 7.17. The average molecular weight is 208 g/mol. The summed E-state index contributed by atoms with van der Waals surface area (Å²) in [6.07, 6.45) is 1.19. The quantitative estimate of drug-likeness (QED) is 0.776. The van der Waals surface area contributed by atoms with E-state index in [-0.39, 0.29) is 12.5 Å². The molecule has 1 rings (SSSR count). The minimum atomic E-state index is -0.747. The molecule has 0 radical (unpaired) electrons. The molecule has 2 N–H and O–H groups in total. The van der Waals surface area contributed by atoms with Crippen LogP contribution in [0.5, 0.6) is 0 Å². The molecule has 0 fully saturated rings. The van der Waals surface area contributed by atoms with Crippen LogP contribution in [0.25, 0.3) is 0 Å². The molecule has 0 heterocycles. The summed E-state index contributed by atoms with van der Waals surface area (Å²) in [4.78, 5) is 10.8. The van der Waals surface area contributed by atoms with E-state index in [0.29, 0.717) is 12.8 Å². The second-order valence-corrected chi connectivity index (χ2v) is 3.62. The third kappa shape index (κ3) is 3.36. The zero-order chi connectivity index (χ0) is 11.3. The van der Waals surface area contributed by atoms with Crippen LogP contribution < -0.4 is 0 Å². The third-order valence-corrected chi connectivity index (χ3v) is 2.53. The number of hydrogen-bond donors (Lipinski definition) is 2. The Hall–Kier alpha value is -1.35. The van der Waals surface area contributed by atoms with Crippen molar-refractivity contribution in [3.8, 4) is 0 Å². The van der Waals surface area contributed by atoms with Gasteiger partial charge in [-0.3, -0.25) is 4.79 Å². The fourth-order valence-electron chi connectivity index (χ4n) is 1.47. The predicted molar refractivity (Wildman–Crippen MR) is 57.5 cm³/mol. The number of carboxylic acids is 1. The Kier molecular flexibility index (Phi) is 4.31. The largest absolute Gasteiger partial charge is 0.481 e. The highest BCUT2D eigenvalue weighted by molar-refractivity contribution is 5.70. The first kappa shape index (κ1) is 11.7. The van der Waals surface area contributed by atoms with Crippen molar-refractivity contribution in [2.24, 2.45) is 5.92 Å². The number of aliphatic carboxylic acids is 1. The number of aliphatic hydroxyl groups is 1. The molecule has 0 amide bonds. The summed E-state index contributed by atoms with van der Waals surface area (Å²) in [6, 6.07) is 7.39. The molecule has 0 aromatic heterocycles. The number of carboxylic acid groups (broad SMARTS) is 1. The SMILES string of the molecule is CCC(Cc1ccc(CO)cc1)C(=O)O. The third-order valence-electron chi connectivity index (χ3n) is 2.53. The lowest BCUT2D eigenvalue weighted by atomic mass is 9.96.